The Labute approximate surface area is 127 Å². The van der Waals surface area contributed by atoms with Crippen molar-refractivity contribution in [1.29, 1.82) is 0 Å². The van der Waals surface area contributed by atoms with Gasteiger partial charge in [0.25, 0.3) is 9.05 Å². The third kappa shape index (κ3) is 5.13. The van der Waals surface area contributed by atoms with Crippen LogP contribution in [0.5, 0.6) is 0 Å². The molecule has 20 heavy (non-hydrogen) atoms. The maximum Gasteiger partial charge on any atom is 0.266 e. The van der Waals surface area contributed by atoms with Gasteiger partial charge in [0.1, 0.15) is 4.90 Å². The topological polar surface area (TPSA) is 119 Å². The van der Waals surface area contributed by atoms with Gasteiger partial charge in [-0.2, -0.15) is 4.21 Å². The fourth-order valence-corrected chi connectivity index (χ4v) is 3.18. The Bertz CT molecular complexity index is 703. The van der Waals surface area contributed by atoms with E-state index in [-0.39, 0.29) is 23.7 Å². The molecule has 4 N–H and O–H groups in total. The van der Waals surface area contributed by atoms with Gasteiger partial charge in [-0.15, -0.1) is 0 Å². The number of aryl methyl sites for hydroxylation is 1. The minimum absolute atomic E-state index is 0.00300. The van der Waals surface area contributed by atoms with Gasteiger partial charge in [-0.05, 0) is 24.6 Å². The number of anilines is 1. The number of rotatable bonds is 6. The quantitative estimate of drug-likeness (QED) is 0.503. The summed E-state index contributed by atoms with van der Waals surface area (Å²) in [6.07, 6.45) is 0. The van der Waals surface area contributed by atoms with Gasteiger partial charge in [0.15, 0.2) is 0 Å². The Balaban J connectivity index is 2.82. The lowest BCUT2D eigenvalue weighted by molar-refractivity contribution is 0.309. The first kappa shape index (κ1) is 17.6. The lowest BCUT2D eigenvalue weighted by Gasteiger charge is -2.11. The van der Waals surface area contributed by atoms with Crippen LogP contribution in [0.3, 0.4) is 0 Å². The Morgan fingerprint density at radius 1 is 1.45 bits per heavy atom. The molecule has 0 bridgehead atoms. The molecule has 0 aliphatic carbocycles. The van der Waals surface area contributed by atoms with Crippen LogP contribution in [0, 0.1) is 6.92 Å². The highest BCUT2D eigenvalue weighted by Crippen LogP contribution is 2.25. The Hall–Kier alpha value is -0.490. The molecule has 0 saturated carbocycles. The van der Waals surface area contributed by atoms with Crippen molar-refractivity contribution in [1.82, 2.24) is 4.72 Å². The molecular formula is C9H13ClN2O5S3. The van der Waals surface area contributed by atoms with Crippen LogP contribution in [0.2, 0.25) is 5.02 Å². The molecule has 114 valence electrons. The van der Waals surface area contributed by atoms with Gasteiger partial charge >= 0.3 is 0 Å². The lowest BCUT2D eigenvalue weighted by atomic mass is 10.2. The van der Waals surface area contributed by atoms with Gasteiger partial charge in [-0.25, -0.2) is 13.1 Å². The molecule has 1 unspecified atom stereocenters. The summed E-state index contributed by atoms with van der Waals surface area (Å²) in [5.41, 5.74) is 6.17. The monoisotopic (exact) mass is 360 g/mol. The smallest absolute Gasteiger partial charge is 0.266 e. The van der Waals surface area contributed by atoms with Crippen LogP contribution >= 0.6 is 11.6 Å². The van der Waals surface area contributed by atoms with Gasteiger partial charge in [0.2, 0.25) is 10.0 Å². The minimum atomic E-state index is -3.87. The van der Waals surface area contributed by atoms with E-state index in [4.69, 9.17) is 21.9 Å². The highest BCUT2D eigenvalue weighted by atomic mass is 35.5. The number of nitrogen functional groups attached to an aromatic ring is 1. The zero-order valence-electron chi connectivity index (χ0n) is 10.3. The molecular weight excluding hydrogens is 348 g/mol. The molecule has 0 saturated heterocycles. The molecule has 0 fully saturated rings. The van der Waals surface area contributed by atoms with Gasteiger partial charge < -0.3 is 5.73 Å². The van der Waals surface area contributed by atoms with E-state index in [0.29, 0.717) is 10.6 Å². The van der Waals surface area contributed by atoms with E-state index in [1.165, 1.54) is 12.1 Å². The number of nitrogens with two attached hydrogens (primary N) is 1. The van der Waals surface area contributed by atoms with E-state index >= 15 is 0 Å². The number of sulfonamides is 1. The molecule has 1 aromatic carbocycles. The second kappa shape index (κ2) is 6.52. The number of hydrogen-bond donors (Lipinski definition) is 3. The molecule has 0 radical (unpaired) electrons. The summed E-state index contributed by atoms with van der Waals surface area (Å²) >= 11 is 9.91. The van der Waals surface area contributed by atoms with Crippen molar-refractivity contribution in [2.45, 2.75) is 11.8 Å². The van der Waals surface area contributed by atoms with Gasteiger partial charge in [0, 0.05) is 22.8 Å². The molecule has 1 aromatic rings. The zero-order valence-corrected chi connectivity index (χ0v) is 13.5. The van der Waals surface area contributed by atoms with Crippen LogP contribution in [-0.2, 0) is 34.4 Å². The van der Waals surface area contributed by atoms with E-state index in [1.807, 2.05) is 0 Å². The van der Waals surface area contributed by atoms with Crippen LogP contribution in [0.25, 0.3) is 0 Å². The van der Waals surface area contributed by atoms with Crippen LogP contribution in [0.15, 0.2) is 17.0 Å². The molecule has 0 heterocycles. The average molecular weight is 361 g/mol. The number of nitrogens with one attached hydrogen (secondary N) is 1. The SMILES string of the molecule is Cc1cc(S(=O)(=O)NCCOS(=O)(O)=S)c(N)cc1Cl. The van der Waals surface area contributed by atoms with Crippen LogP contribution in [0.4, 0.5) is 5.69 Å². The van der Waals surface area contributed by atoms with Crippen LogP contribution in [0.1, 0.15) is 5.56 Å². The summed E-state index contributed by atoms with van der Waals surface area (Å²) in [5.74, 6) is 0. The molecule has 0 aromatic heterocycles. The summed E-state index contributed by atoms with van der Waals surface area (Å²) in [6.45, 7) is 1.07. The average Bonchev–Trinajstić information content (AvgIpc) is 2.28. The summed E-state index contributed by atoms with van der Waals surface area (Å²) in [5, 5.41) is 0.357. The molecule has 0 aliphatic rings. The van der Waals surface area contributed by atoms with Crippen LogP contribution in [-0.4, -0.2) is 30.3 Å². The summed E-state index contributed by atoms with van der Waals surface area (Å²) < 4.78 is 49.8. The minimum Gasteiger partial charge on any atom is -0.398 e. The normalized spacial score (nSPS) is 14.9. The zero-order chi connectivity index (χ0) is 15.6. The Morgan fingerprint density at radius 2 is 2.05 bits per heavy atom. The maximum absolute atomic E-state index is 12.0. The largest absolute Gasteiger partial charge is 0.398 e. The predicted molar refractivity (Wildman–Crippen MR) is 79.9 cm³/mol. The molecule has 0 aliphatic heterocycles. The molecule has 0 amide bonds. The number of halogens is 1. The van der Waals surface area contributed by atoms with E-state index in [2.05, 4.69) is 20.1 Å². The Kier molecular flexibility index (Phi) is 5.72. The van der Waals surface area contributed by atoms with Crippen molar-refractivity contribution in [3.05, 3.63) is 22.7 Å². The Morgan fingerprint density at radius 3 is 2.60 bits per heavy atom. The van der Waals surface area contributed by atoms with Crippen molar-refractivity contribution in [2.75, 3.05) is 18.9 Å². The molecule has 1 atom stereocenters. The van der Waals surface area contributed by atoms with Crippen molar-refractivity contribution in [2.24, 2.45) is 0 Å². The fourth-order valence-electron chi connectivity index (χ4n) is 1.30. The summed E-state index contributed by atoms with van der Waals surface area (Å²) in [7, 11) is -7.64. The van der Waals surface area contributed by atoms with Crippen LogP contribution < -0.4 is 10.5 Å². The lowest BCUT2D eigenvalue weighted by Crippen LogP contribution is -2.28. The van der Waals surface area contributed by atoms with Crippen molar-refractivity contribution in [3.63, 3.8) is 0 Å². The first-order valence-corrected chi connectivity index (χ1v) is 9.43. The number of hydrogen-bond acceptors (Lipinski definition) is 6. The van der Waals surface area contributed by atoms with E-state index in [0.717, 1.165) is 0 Å². The second-order valence-electron chi connectivity index (χ2n) is 3.79. The molecule has 1 rings (SSSR count). The molecule has 7 nitrogen and oxygen atoms in total. The first-order chi connectivity index (χ1) is 9.03. The van der Waals surface area contributed by atoms with E-state index < -0.39 is 19.1 Å². The maximum atomic E-state index is 12.0. The predicted octanol–water partition coefficient (Wildman–Crippen LogP) is 0.660. The van der Waals surface area contributed by atoms with E-state index in [1.54, 1.807) is 6.92 Å². The third-order valence-electron chi connectivity index (χ3n) is 2.21. The highest BCUT2D eigenvalue weighted by Gasteiger charge is 2.18. The summed E-state index contributed by atoms with van der Waals surface area (Å²) in [4.78, 5) is -0.123. The first-order valence-electron chi connectivity index (χ1n) is 5.20. The van der Waals surface area contributed by atoms with Crippen molar-refractivity contribution in [3.8, 4) is 0 Å². The second-order valence-corrected chi connectivity index (χ2v) is 8.28. The van der Waals surface area contributed by atoms with Gasteiger partial charge in [0.05, 0.1) is 12.3 Å². The third-order valence-corrected chi connectivity index (χ3v) is 4.88. The standard InChI is InChI=1S/C9H13ClN2O5S3/c1-6-4-9(8(11)5-7(6)10)19(13,14)12-2-3-17-20(15,16)18/h4-5,12H,2-3,11H2,1H3,(H,15,16,18). The van der Waals surface area contributed by atoms with Crippen molar-refractivity contribution >= 4 is 47.6 Å². The summed E-state index contributed by atoms with van der Waals surface area (Å²) in [6, 6.07) is 2.68. The molecule has 0 spiro atoms. The number of benzene rings is 1. The van der Waals surface area contributed by atoms with E-state index in [9.17, 15) is 12.6 Å². The van der Waals surface area contributed by atoms with Gasteiger partial charge in [-0.1, -0.05) is 11.6 Å². The van der Waals surface area contributed by atoms with Gasteiger partial charge in [-0.3, -0.25) is 8.74 Å². The molecule has 11 heteroatoms. The highest BCUT2D eigenvalue weighted by molar-refractivity contribution is 8.27. The fraction of sp³-hybridized carbons (Fsp3) is 0.333. The van der Waals surface area contributed by atoms with Crippen molar-refractivity contribution < 1.29 is 21.4 Å².